The Morgan fingerprint density at radius 1 is 1.24 bits per heavy atom. The molecule has 0 saturated carbocycles. The summed E-state index contributed by atoms with van der Waals surface area (Å²) in [5.74, 6) is -0.400. The number of benzene rings is 1. The molecule has 25 heavy (non-hydrogen) atoms. The molecule has 1 atom stereocenters. The van der Waals surface area contributed by atoms with Crippen LogP contribution in [0.4, 0.5) is 9.18 Å². The van der Waals surface area contributed by atoms with Crippen LogP contribution in [-0.2, 0) is 11.3 Å². The van der Waals surface area contributed by atoms with Crippen LogP contribution in [0.15, 0.2) is 52.4 Å². The highest BCUT2D eigenvalue weighted by molar-refractivity contribution is 7.08. The maximum atomic E-state index is 13.1. The first-order valence-corrected chi connectivity index (χ1v) is 8.82. The molecule has 3 amide bonds. The van der Waals surface area contributed by atoms with Crippen molar-refractivity contribution < 1.29 is 14.0 Å². The van der Waals surface area contributed by atoms with Crippen LogP contribution >= 0.6 is 11.3 Å². The van der Waals surface area contributed by atoms with Gasteiger partial charge in [-0.15, -0.1) is 0 Å². The first-order valence-electron chi connectivity index (χ1n) is 7.87. The molecule has 1 aromatic carbocycles. The van der Waals surface area contributed by atoms with E-state index in [9.17, 15) is 14.0 Å². The highest BCUT2D eigenvalue weighted by Crippen LogP contribution is 2.36. The van der Waals surface area contributed by atoms with Gasteiger partial charge in [0.2, 0.25) is 0 Å². The number of rotatable bonds is 3. The minimum Gasteiger partial charge on any atom is -0.329 e. The number of nitrogens with zero attached hydrogens (tertiary/aromatic N) is 2. The van der Waals surface area contributed by atoms with E-state index in [0.717, 1.165) is 16.8 Å². The number of likely N-dealkylation sites (N-methyl/N-ethyl adjacent to an activating group) is 1. The van der Waals surface area contributed by atoms with E-state index in [1.807, 2.05) is 16.8 Å². The van der Waals surface area contributed by atoms with E-state index in [1.165, 1.54) is 28.4 Å². The lowest BCUT2D eigenvalue weighted by Gasteiger charge is -2.30. The van der Waals surface area contributed by atoms with Crippen molar-refractivity contribution in [2.45, 2.75) is 12.6 Å². The number of amides is 3. The summed E-state index contributed by atoms with van der Waals surface area (Å²) < 4.78 is 13.1. The van der Waals surface area contributed by atoms with Gasteiger partial charge in [-0.1, -0.05) is 12.1 Å². The van der Waals surface area contributed by atoms with Crippen LogP contribution in [-0.4, -0.2) is 35.3 Å². The molecule has 3 heterocycles. The third-order valence-corrected chi connectivity index (χ3v) is 5.30. The van der Waals surface area contributed by atoms with E-state index in [0.29, 0.717) is 18.7 Å². The zero-order chi connectivity index (χ0) is 17.6. The topological polar surface area (TPSA) is 52.7 Å². The summed E-state index contributed by atoms with van der Waals surface area (Å²) in [5.41, 5.74) is 3.11. The molecule has 0 spiro atoms. The molecule has 2 aromatic rings. The van der Waals surface area contributed by atoms with Crippen LogP contribution in [0, 0.1) is 5.82 Å². The third-order valence-electron chi connectivity index (χ3n) is 4.60. The highest BCUT2D eigenvalue weighted by atomic mass is 32.1. The van der Waals surface area contributed by atoms with Gasteiger partial charge < -0.3 is 10.2 Å². The number of hydrogen-bond donors (Lipinski definition) is 1. The van der Waals surface area contributed by atoms with Gasteiger partial charge in [0.15, 0.2) is 0 Å². The molecule has 4 rings (SSSR count). The molecule has 0 radical (unpaired) electrons. The Morgan fingerprint density at radius 3 is 2.68 bits per heavy atom. The summed E-state index contributed by atoms with van der Waals surface area (Å²) in [4.78, 5) is 28.4. The predicted octanol–water partition coefficient (Wildman–Crippen LogP) is 2.88. The van der Waals surface area contributed by atoms with Crippen LogP contribution in [0.2, 0.25) is 0 Å². The molecule has 1 unspecified atom stereocenters. The van der Waals surface area contributed by atoms with Gasteiger partial charge in [-0.05, 0) is 40.1 Å². The van der Waals surface area contributed by atoms with E-state index < -0.39 is 6.04 Å². The van der Waals surface area contributed by atoms with Crippen molar-refractivity contribution in [1.29, 1.82) is 0 Å². The third kappa shape index (κ3) is 2.70. The number of nitrogens with one attached hydrogen (secondary N) is 1. The highest BCUT2D eigenvalue weighted by Gasteiger charge is 2.42. The van der Waals surface area contributed by atoms with Gasteiger partial charge in [0.1, 0.15) is 5.82 Å². The summed E-state index contributed by atoms with van der Waals surface area (Å²) >= 11 is 1.53. The van der Waals surface area contributed by atoms with Crippen LogP contribution in [0.5, 0.6) is 0 Å². The Balaban J connectivity index is 1.64. The summed E-state index contributed by atoms with van der Waals surface area (Å²) in [6.07, 6.45) is 0. The molecular weight excluding hydrogens is 341 g/mol. The Hall–Kier alpha value is -2.67. The van der Waals surface area contributed by atoms with Gasteiger partial charge in [-0.3, -0.25) is 9.69 Å². The van der Waals surface area contributed by atoms with E-state index in [-0.39, 0.29) is 17.8 Å². The Bertz CT molecular complexity index is 861. The van der Waals surface area contributed by atoms with E-state index in [4.69, 9.17) is 0 Å². The lowest BCUT2D eigenvalue weighted by molar-refractivity contribution is -0.126. The normalized spacial score (nSPS) is 20.2. The Kier molecular flexibility index (Phi) is 3.80. The number of carbonyl (C=O) groups is 2. The second-order valence-electron chi connectivity index (χ2n) is 6.15. The molecule has 2 aliphatic heterocycles. The number of hydrogen-bond acceptors (Lipinski definition) is 3. The molecule has 7 heteroatoms. The molecule has 128 valence electrons. The summed E-state index contributed by atoms with van der Waals surface area (Å²) in [7, 11) is 1.67. The van der Waals surface area contributed by atoms with Gasteiger partial charge in [0.05, 0.1) is 23.9 Å². The lowest BCUT2D eigenvalue weighted by atomic mass is 9.98. The maximum Gasteiger partial charge on any atom is 0.322 e. The lowest BCUT2D eigenvalue weighted by Crippen LogP contribution is -2.45. The van der Waals surface area contributed by atoms with Crippen LogP contribution < -0.4 is 5.32 Å². The largest absolute Gasteiger partial charge is 0.329 e. The van der Waals surface area contributed by atoms with Crippen molar-refractivity contribution >= 4 is 23.3 Å². The monoisotopic (exact) mass is 357 g/mol. The zero-order valence-electron chi connectivity index (χ0n) is 13.5. The molecule has 0 aliphatic carbocycles. The fourth-order valence-electron chi connectivity index (χ4n) is 3.25. The van der Waals surface area contributed by atoms with Gasteiger partial charge in [-0.25, -0.2) is 9.18 Å². The van der Waals surface area contributed by atoms with Crippen LogP contribution in [0.25, 0.3) is 0 Å². The first-order chi connectivity index (χ1) is 12.0. The van der Waals surface area contributed by atoms with Crippen molar-refractivity contribution in [2.75, 3.05) is 13.6 Å². The van der Waals surface area contributed by atoms with Crippen molar-refractivity contribution in [3.8, 4) is 0 Å². The van der Waals surface area contributed by atoms with Crippen molar-refractivity contribution in [1.82, 2.24) is 15.1 Å². The maximum absolute atomic E-state index is 13.1. The number of urea groups is 1. The Labute approximate surface area is 148 Å². The average molecular weight is 357 g/mol. The molecular formula is C18H16FN3O2S. The standard InChI is InChI=1S/C18H16FN3O2S/c1-21-14-9-22(8-11-2-4-13(19)5-3-11)17(23)15(14)16(20-18(21)24)12-6-7-25-10-12/h2-7,10,16H,8-9H2,1H3,(H,20,24). The van der Waals surface area contributed by atoms with Crippen LogP contribution in [0.3, 0.4) is 0 Å². The van der Waals surface area contributed by atoms with Gasteiger partial charge in [0, 0.05) is 13.6 Å². The second-order valence-corrected chi connectivity index (χ2v) is 6.93. The first kappa shape index (κ1) is 15.8. The second kappa shape index (κ2) is 6.00. The summed E-state index contributed by atoms with van der Waals surface area (Å²) in [6.45, 7) is 0.751. The quantitative estimate of drug-likeness (QED) is 0.918. The van der Waals surface area contributed by atoms with E-state index in [2.05, 4.69) is 5.32 Å². The van der Waals surface area contributed by atoms with E-state index >= 15 is 0 Å². The molecule has 5 nitrogen and oxygen atoms in total. The molecule has 2 aliphatic rings. The molecule has 0 bridgehead atoms. The molecule has 0 saturated heterocycles. The Morgan fingerprint density at radius 2 is 2.00 bits per heavy atom. The van der Waals surface area contributed by atoms with Gasteiger partial charge in [-0.2, -0.15) is 11.3 Å². The molecule has 0 fully saturated rings. The number of carbonyl (C=O) groups excluding carboxylic acids is 2. The smallest absolute Gasteiger partial charge is 0.322 e. The zero-order valence-corrected chi connectivity index (χ0v) is 14.3. The SMILES string of the molecule is CN1C(=O)NC(c2ccsc2)C2=C1CN(Cc1ccc(F)cc1)C2=O. The number of halogens is 1. The van der Waals surface area contributed by atoms with Crippen LogP contribution in [0.1, 0.15) is 17.2 Å². The summed E-state index contributed by atoms with van der Waals surface area (Å²) in [6, 6.07) is 7.39. The molecule has 1 aromatic heterocycles. The summed E-state index contributed by atoms with van der Waals surface area (Å²) in [5, 5.41) is 6.77. The minimum atomic E-state index is -0.421. The fraction of sp³-hybridized carbons (Fsp3) is 0.222. The number of thiophene rings is 1. The molecule has 1 N–H and O–H groups in total. The minimum absolute atomic E-state index is 0.0950. The van der Waals surface area contributed by atoms with Crippen molar-refractivity contribution in [3.05, 3.63) is 69.3 Å². The van der Waals surface area contributed by atoms with Gasteiger partial charge >= 0.3 is 6.03 Å². The fourth-order valence-corrected chi connectivity index (χ4v) is 3.94. The average Bonchev–Trinajstić information content (AvgIpc) is 3.23. The van der Waals surface area contributed by atoms with Crippen molar-refractivity contribution in [2.24, 2.45) is 0 Å². The van der Waals surface area contributed by atoms with Crippen molar-refractivity contribution in [3.63, 3.8) is 0 Å². The predicted molar refractivity (Wildman–Crippen MR) is 92.2 cm³/mol. The van der Waals surface area contributed by atoms with Gasteiger partial charge in [0.25, 0.3) is 5.91 Å². The van der Waals surface area contributed by atoms with E-state index in [1.54, 1.807) is 24.1 Å².